The Labute approximate surface area is 177 Å². The molecule has 0 saturated carbocycles. The Morgan fingerprint density at radius 3 is 2.58 bits per heavy atom. The highest BCUT2D eigenvalue weighted by Gasteiger charge is 2.34. The number of hydrogen-bond donors (Lipinski definition) is 1. The lowest BCUT2D eigenvalue weighted by Gasteiger charge is -2.14. The molecule has 1 atom stereocenters. The van der Waals surface area contributed by atoms with Gasteiger partial charge in [-0.15, -0.1) is 0 Å². The molecule has 0 unspecified atom stereocenters. The first kappa shape index (κ1) is 21.5. The van der Waals surface area contributed by atoms with Gasteiger partial charge in [0.15, 0.2) is 11.9 Å². The Kier molecular flexibility index (Phi) is 6.29. The normalized spacial score (nSPS) is 15.5. The van der Waals surface area contributed by atoms with Gasteiger partial charge in [-0.1, -0.05) is 24.3 Å². The van der Waals surface area contributed by atoms with Crippen LogP contribution in [0.15, 0.2) is 54.1 Å². The van der Waals surface area contributed by atoms with Gasteiger partial charge in [-0.05, 0) is 43.7 Å². The van der Waals surface area contributed by atoms with Crippen molar-refractivity contribution < 1.29 is 28.8 Å². The molecule has 0 bridgehead atoms. The fourth-order valence-electron chi connectivity index (χ4n) is 2.85. The molecule has 2 aromatic carbocycles. The molecule has 2 aromatic rings. The summed E-state index contributed by atoms with van der Waals surface area (Å²) in [5.74, 6) is -2.01. The molecule has 0 spiro atoms. The van der Waals surface area contributed by atoms with E-state index in [0.29, 0.717) is 5.69 Å². The lowest BCUT2D eigenvalue weighted by atomic mass is 10.1. The number of nitro groups is 1. The molecule has 0 aliphatic carbocycles. The Morgan fingerprint density at radius 2 is 1.94 bits per heavy atom. The number of benzene rings is 2. The number of hydrogen-bond acceptors (Lipinski definition) is 7. The standard InChI is InChI=1S/C21H19N3O7/c1-3-30-21(27)13(2)31-18-10-9-14(12-17(18)24(28)29)11-16-19(25)22-23(20(16)26)15-7-5-4-6-8-15/h4-13H,3H2,1-2H3,(H,22,25)/b16-11-/t13-/m1/s1. The van der Waals surface area contributed by atoms with E-state index in [0.717, 1.165) is 11.1 Å². The fourth-order valence-corrected chi connectivity index (χ4v) is 2.85. The van der Waals surface area contributed by atoms with Crippen molar-refractivity contribution in [1.29, 1.82) is 0 Å². The van der Waals surface area contributed by atoms with Gasteiger partial charge in [0.05, 0.1) is 17.2 Å². The number of para-hydroxylation sites is 1. The van der Waals surface area contributed by atoms with E-state index in [2.05, 4.69) is 5.43 Å². The van der Waals surface area contributed by atoms with Crippen molar-refractivity contribution in [2.75, 3.05) is 11.6 Å². The third-order valence-corrected chi connectivity index (χ3v) is 4.32. The number of carbonyl (C=O) groups is 3. The van der Waals surface area contributed by atoms with E-state index >= 15 is 0 Å². The number of hydrazine groups is 1. The maximum Gasteiger partial charge on any atom is 0.347 e. The molecule has 2 amide bonds. The summed E-state index contributed by atoms with van der Waals surface area (Å²) in [5.41, 5.74) is 2.59. The summed E-state index contributed by atoms with van der Waals surface area (Å²) >= 11 is 0. The smallest absolute Gasteiger partial charge is 0.347 e. The molecule has 1 N–H and O–H groups in total. The topological polar surface area (TPSA) is 128 Å². The second kappa shape index (κ2) is 9.08. The quantitative estimate of drug-likeness (QED) is 0.237. The molecule has 1 aliphatic rings. The van der Waals surface area contributed by atoms with Gasteiger partial charge < -0.3 is 9.47 Å². The second-order valence-electron chi connectivity index (χ2n) is 6.47. The van der Waals surface area contributed by atoms with E-state index < -0.39 is 34.5 Å². The van der Waals surface area contributed by atoms with Crippen molar-refractivity contribution in [2.24, 2.45) is 0 Å². The van der Waals surface area contributed by atoms with Crippen LogP contribution in [0.25, 0.3) is 6.08 Å². The number of ether oxygens (including phenoxy) is 2. The van der Waals surface area contributed by atoms with Crippen molar-refractivity contribution in [2.45, 2.75) is 20.0 Å². The summed E-state index contributed by atoms with van der Waals surface area (Å²) in [6.07, 6.45) is 0.205. The number of carbonyl (C=O) groups excluding carboxylic acids is 3. The number of amides is 2. The molecule has 1 heterocycles. The first-order chi connectivity index (χ1) is 14.8. The minimum Gasteiger partial charge on any atom is -0.472 e. The number of rotatable bonds is 7. The van der Waals surface area contributed by atoms with Crippen LogP contribution in [-0.2, 0) is 19.1 Å². The summed E-state index contributed by atoms with van der Waals surface area (Å²) in [5, 5.41) is 12.6. The largest absolute Gasteiger partial charge is 0.472 e. The Hall–Kier alpha value is -4.21. The molecule has 3 rings (SSSR count). The predicted octanol–water partition coefficient (Wildman–Crippen LogP) is 2.39. The van der Waals surface area contributed by atoms with Crippen LogP contribution >= 0.6 is 0 Å². The third-order valence-electron chi connectivity index (χ3n) is 4.32. The van der Waals surface area contributed by atoms with E-state index in [1.165, 1.54) is 25.1 Å². The van der Waals surface area contributed by atoms with Gasteiger partial charge in [0.2, 0.25) is 0 Å². The van der Waals surface area contributed by atoms with Crippen LogP contribution in [0.4, 0.5) is 11.4 Å². The van der Waals surface area contributed by atoms with Crippen LogP contribution in [0.1, 0.15) is 19.4 Å². The van der Waals surface area contributed by atoms with E-state index in [-0.39, 0.29) is 23.5 Å². The number of anilines is 1. The predicted molar refractivity (Wildman–Crippen MR) is 110 cm³/mol. The highest BCUT2D eigenvalue weighted by molar-refractivity contribution is 6.31. The molecule has 31 heavy (non-hydrogen) atoms. The molecule has 1 fully saturated rings. The zero-order valence-electron chi connectivity index (χ0n) is 16.7. The van der Waals surface area contributed by atoms with Gasteiger partial charge in [0.1, 0.15) is 5.57 Å². The first-order valence-corrected chi connectivity index (χ1v) is 9.35. The SMILES string of the molecule is CCOC(=O)[C@@H](C)Oc1ccc(/C=C2/C(=O)NN(c3ccccc3)C2=O)cc1[N+](=O)[O-]. The maximum atomic E-state index is 12.7. The van der Waals surface area contributed by atoms with Crippen molar-refractivity contribution in [1.82, 2.24) is 5.43 Å². The van der Waals surface area contributed by atoms with Gasteiger partial charge in [-0.2, -0.15) is 0 Å². The van der Waals surface area contributed by atoms with Crippen LogP contribution in [0, 0.1) is 10.1 Å². The van der Waals surface area contributed by atoms with E-state index in [4.69, 9.17) is 9.47 Å². The average Bonchev–Trinajstić information content (AvgIpc) is 3.03. The number of esters is 1. The minimum absolute atomic E-state index is 0.138. The zero-order chi connectivity index (χ0) is 22.5. The van der Waals surface area contributed by atoms with Crippen LogP contribution < -0.4 is 15.2 Å². The van der Waals surface area contributed by atoms with Crippen LogP contribution in [0.3, 0.4) is 0 Å². The van der Waals surface area contributed by atoms with Gasteiger partial charge in [-0.3, -0.25) is 25.1 Å². The van der Waals surface area contributed by atoms with Crippen molar-refractivity contribution in [3.8, 4) is 5.75 Å². The van der Waals surface area contributed by atoms with Crippen LogP contribution in [-0.4, -0.2) is 35.4 Å². The third kappa shape index (κ3) is 4.69. The first-order valence-electron chi connectivity index (χ1n) is 9.35. The summed E-state index contributed by atoms with van der Waals surface area (Å²) in [4.78, 5) is 47.5. The number of nitro benzene ring substituents is 1. The maximum absolute atomic E-state index is 12.7. The zero-order valence-corrected chi connectivity index (χ0v) is 16.7. The molecule has 1 saturated heterocycles. The van der Waals surface area contributed by atoms with Crippen molar-refractivity contribution in [3.63, 3.8) is 0 Å². The monoisotopic (exact) mass is 425 g/mol. The van der Waals surface area contributed by atoms with Crippen molar-refractivity contribution in [3.05, 3.63) is 69.8 Å². The highest BCUT2D eigenvalue weighted by atomic mass is 16.6. The lowest BCUT2D eigenvalue weighted by molar-refractivity contribution is -0.386. The molecule has 10 heteroatoms. The second-order valence-corrected chi connectivity index (χ2v) is 6.47. The van der Waals surface area contributed by atoms with Gasteiger partial charge >= 0.3 is 11.7 Å². The minimum atomic E-state index is -1.05. The molecule has 0 aromatic heterocycles. The Morgan fingerprint density at radius 1 is 1.23 bits per heavy atom. The van der Waals surface area contributed by atoms with Crippen molar-refractivity contribution >= 4 is 35.2 Å². The Bertz CT molecular complexity index is 1070. The van der Waals surface area contributed by atoms with Gasteiger partial charge in [0, 0.05) is 6.07 Å². The molecular formula is C21H19N3O7. The summed E-state index contributed by atoms with van der Waals surface area (Å²) in [6, 6.07) is 12.4. The van der Waals surface area contributed by atoms with Gasteiger partial charge in [0.25, 0.3) is 11.8 Å². The van der Waals surface area contributed by atoms with E-state index in [9.17, 15) is 24.5 Å². The number of nitrogens with one attached hydrogen (secondary N) is 1. The van der Waals surface area contributed by atoms with E-state index in [1.807, 2.05) is 0 Å². The van der Waals surface area contributed by atoms with Crippen LogP contribution in [0.2, 0.25) is 0 Å². The molecular weight excluding hydrogens is 406 g/mol. The fraction of sp³-hybridized carbons (Fsp3) is 0.190. The van der Waals surface area contributed by atoms with E-state index in [1.54, 1.807) is 37.3 Å². The summed E-state index contributed by atoms with van der Waals surface area (Å²) in [6.45, 7) is 3.20. The van der Waals surface area contributed by atoms with Gasteiger partial charge in [-0.25, -0.2) is 9.80 Å². The Balaban J connectivity index is 1.88. The molecule has 1 aliphatic heterocycles. The molecule has 10 nitrogen and oxygen atoms in total. The number of nitrogens with zero attached hydrogens (tertiary/aromatic N) is 2. The lowest BCUT2D eigenvalue weighted by Crippen LogP contribution is -2.35. The highest BCUT2D eigenvalue weighted by Crippen LogP contribution is 2.30. The van der Waals surface area contributed by atoms with Crippen LogP contribution in [0.5, 0.6) is 5.75 Å². The average molecular weight is 425 g/mol. The molecule has 160 valence electrons. The molecule has 0 radical (unpaired) electrons. The summed E-state index contributed by atoms with van der Waals surface area (Å²) in [7, 11) is 0. The summed E-state index contributed by atoms with van der Waals surface area (Å²) < 4.78 is 10.2.